The number of carbonyl (C=O) groups excluding carboxylic acids is 1. The van der Waals surface area contributed by atoms with Crippen LogP contribution in [0.25, 0.3) is 6.08 Å². The van der Waals surface area contributed by atoms with Crippen molar-refractivity contribution in [1.29, 1.82) is 0 Å². The van der Waals surface area contributed by atoms with Crippen LogP contribution in [0.4, 0.5) is 0 Å². The number of nitrogens with one attached hydrogen (secondary N) is 2. The number of aliphatic hydroxyl groups excluding tert-OH is 3. The van der Waals surface area contributed by atoms with Gasteiger partial charge in [-0.1, -0.05) is 42.5 Å². The van der Waals surface area contributed by atoms with Gasteiger partial charge in [0.05, 0.1) is 25.9 Å². The second kappa shape index (κ2) is 12.9. The summed E-state index contributed by atoms with van der Waals surface area (Å²) in [6.07, 6.45) is 4.62. The van der Waals surface area contributed by atoms with Gasteiger partial charge in [0, 0.05) is 25.0 Å². The summed E-state index contributed by atoms with van der Waals surface area (Å²) in [7, 11) is 0. The van der Waals surface area contributed by atoms with Gasteiger partial charge in [-0.05, 0) is 29.8 Å². The minimum Gasteiger partial charge on any atom is -0.494 e. The Morgan fingerprint density at radius 3 is 2.53 bits per heavy atom. The summed E-state index contributed by atoms with van der Waals surface area (Å²) in [6.45, 7) is -0.157. The number of aliphatic imine (C=N–C) groups is 1. The smallest absolute Gasteiger partial charge is 0.266 e. The first kappa shape index (κ1) is 25.4. The number of hydrogen-bond acceptors (Lipinski definition) is 8. The summed E-state index contributed by atoms with van der Waals surface area (Å²) in [5.41, 5.74) is 5.66. The molecule has 0 unspecified atom stereocenters. The zero-order valence-corrected chi connectivity index (χ0v) is 18.9. The molecule has 0 aromatic heterocycles. The van der Waals surface area contributed by atoms with Gasteiger partial charge in [0.2, 0.25) is 5.90 Å². The molecule has 34 heavy (non-hydrogen) atoms. The second-order valence-corrected chi connectivity index (χ2v) is 7.86. The zero-order chi connectivity index (χ0) is 24.2. The first-order valence-electron chi connectivity index (χ1n) is 11.2. The van der Waals surface area contributed by atoms with E-state index in [9.17, 15) is 15.0 Å². The molecule has 1 aliphatic heterocycles. The molecule has 182 valence electrons. The Morgan fingerprint density at radius 2 is 1.85 bits per heavy atom. The Balaban J connectivity index is 1.77. The van der Waals surface area contributed by atoms with Gasteiger partial charge in [0.15, 0.2) is 5.54 Å². The summed E-state index contributed by atoms with van der Waals surface area (Å²) >= 11 is 0. The van der Waals surface area contributed by atoms with Crippen molar-refractivity contribution in [3.8, 4) is 5.75 Å². The Bertz CT molecular complexity index is 960. The van der Waals surface area contributed by atoms with Gasteiger partial charge in [-0.15, -0.1) is 0 Å². The summed E-state index contributed by atoms with van der Waals surface area (Å²) in [5, 5.41) is 27.4. The topological polar surface area (TPSA) is 133 Å². The molecule has 1 heterocycles. The van der Waals surface area contributed by atoms with Crippen molar-refractivity contribution in [3.05, 3.63) is 71.8 Å². The average Bonchev–Trinajstić information content (AvgIpc) is 3.31. The molecule has 2 aromatic carbocycles. The normalized spacial score (nSPS) is 17.6. The number of carbonyl (C=O) groups is 1. The molecule has 5 N–H and O–H groups in total. The van der Waals surface area contributed by atoms with E-state index in [2.05, 4.69) is 15.8 Å². The summed E-state index contributed by atoms with van der Waals surface area (Å²) in [4.78, 5) is 17.8. The average molecular weight is 470 g/mol. The molecule has 2 aromatic rings. The van der Waals surface area contributed by atoms with Crippen LogP contribution in [0.3, 0.4) is 0 Å². The van der Waals surface area contributed by atoms with E-state index >= 15 is 0 Å². The van der Waals surface area contributed by atoms with Crippen LogP contribution < -0.4 is 15.6 Å². The van der Waals surface area contributed by atoms with E-state index in [1.54, 1.807) is 24.3 Å². The van der Waals surface area contributed by atoms with Crippen LogP contribution >= 0.6 is 0 Å². The van der Waals surface area contributed by atoms with E-state index in [4.69, 9.17) is 14.6 Å². The molecule has 0 saturated heterocycles. The lowest BCUT2D eigenvalue weighted by atomic mass is 9.95. The number of hydrogen-bond donors (Lipinski definition) is 5. The summed E-state index contributed by atoms with van der Waals surface area (Å²) in [5.74, 6) is 0.566. The van der Waals surface area contributed by atoms with E-state index in [1.807, 2.05) is 42.5 Å². The molecular weight excluding hydrogens is 438 g/mol. The van der Waals surface area contributed by atoms with Crippen LogP contribution in [0.15, 0.2) is 65.7 Å². The predicted molar refractivity (Wildman–Crippen MR) is 128 cm³/mol. The molecule has 0 spiro atoms. The van der Waals surface area contributed by atoms with Gasteiger partial charge in [0.1, 0.15) is 12.4 Å². The third-order valence-electron chi connectivity index (χ3n) is 5.25. The molecule has 1 atom stereocenters. The van der Waals surface area contributed by atoms with Crippen molar-refractivity contribution in [3.63, 3.8) is 0 Å². The highest BCUT2D eigenvalue weighted by atomic mass is 16.5. The molecule has 0 aliphatic carbocycles. The van der Waals surface area contributed by atoms with Crippen molar-refractivity contribution in [2.24, 2.45) is 4.99 Å². The van der Waals surface area contributed by atoms with Crippen LogP contribution in [0.2, 0.25) is 0 Å². The molecule has 0 saturated carbocycles. The minimum atomic E-state index is -1.22. The van der Waals surface area contributed by atoms with Crippen molar-refractivity contribution >= 4 is 17.9 Å². The van der Waals surface area contributed by atoms with Crippen molar-refractivity contribution in [2.75, 3.05) is 33.0 Å². The van der Waals surface area contributed by atoms with Crippen molar-refractivity contribution < 1.29 is 29.6 Å². The van der Waals surface area contributed by atoms with E-state index in [0.29, 0.717) is 30.2 Å². The molecule has 1 amide bonds. The van der Waals surface area contributed by atoms with Gasteiger partial charge in [-0.2, -0.15) is 0 Å². The minimum absolute atomic E-state index is 0.0344. The van der Waals surface area contributed by atoms with Gasteiger partial charge in [-0.3, -0.25) is 10.2 Å². The standard InChI is InChI=1S/C25H31N3O6/c29-14-5-15-33-22-11-9-20(10-12-22)23-26-25(18-34-23,24(32)28-27-21(16-30)17-31)13-4-8-19-6-2-1-3-7-19/h1-4,6-12,21,27,29-31H,5,13-18H2,(H,28,32)/b8-4+/t25-/m0/s1. The van der Waals surface area contributed by atoms with Crippen LogP contribution in [0.5, 0.6) is 5.75 Å². The third kappa shape index (κ3) is 6.88. The highest BCUT2D eigenvalue weighted by Gasteiger charge is 2.43. The Hall–Kier alpha value is -3.24. The fourth-order valence-electron chi connectivity index (χ4n) is 3.24. The summed E-state index contributed by atoms with van der Waals surface area (Å²) in [6, 6.07) is 16.2. The predicted octanol–water partition coefficient (Wildman–Crippen LogP) is 1.04. The number of benzene rings is 2. The van der Waals surface area contributed by atoms with Crippen LogP contribution in [0, 0.1) is 0 Å². The number of rotatable bonds is 13. The van der Waals surface area contributed by atoms with E-state index < -0.39 is 17.5 Å². The lowest BCUT2D eigenvalue weighted by Crippen LogP contribution is -2.55. The fourth-order valence-corrected chi connectivity index (χ4v) is 3.24. The highest BCUT2D eigenvalue weighted by Crippen LogP contribution is 2.27. The third-order valence-corrected chi connectivity index (χ3v) is 5.25. The van der Waals surface area contributed by atoms with Gasteiger partial charge in [0.25, 0.3) is 5.91 Å². The Morgan fingerprint density at radius 1 is 1.12 bits per heavy atom. The number of hydrazine groups is 1. The van der Waals surface area contributed by atoms with Crippen LogP contribution in [-0.4, -0.2) is 71.7 Å². The number of ether oxygens (including phenoxy) is 2. The Labute approximate surface area is 198 Å². The molecule has 1 aliphatic rings. The van der Waals surface area contributed by atoms with Gasteiger partial charge in [-0.25, -0.2) is 10.4 Å². The maximum Gasteiger partial charge on any atom is 0.266 e. The maximum atomic E-state index is 13.1. The number of nitrogens with zero attached hydrogens (tertiary/aromatic N) is 1. The van der Waals surface area contributed by atoms with E-state index in [1.165, 1.54) is 0 Å². The molecule has 9 nitrogen and oxygen atoms in total. The van der Waals surface area contributed by atoms with Gasteiger partial charge < -0.3 is 24.8 Å². The van der Waals surface area contributed by atoms with E-state index in [0.717, 1.165) is 5.56 Å². The second-order valence-electron chi connectivity index (χ2n) is 7.86. The molecular formula is C25H31N3O6. The monoisotopic (exact) mass is 469 g/mol. The number of aliphatic hydroxyl groups is 3. The molecule has 0 radical (unpaired) electrons. The van der Waals surface area contributed by atoms with Crippen LogP contribution in [0.1, 0.15) is 24.0 Å². The lowest BCUT2D eigenvalue weighted by molar-refractivity contribution is -0.128. The van der Waals surface area contributed by atoms with Crippen molar-refractivity contribution in [1.82, 2.24) is 10.9 Å². The van der Waals surface area contributed by atoms with Crippen LogP contribution in [-0.2, 0) is 9.53 Å². The molecule has 0 fully saturated rings. The Kier molecular flexibility index (Phi) is 9.60. The SMILES string of the molecule is O=C(NNC(CO)CO)[C@]1(C/C=C/c2ccccc2)COC(c2ccc(OCCCO)cc2)=N1. The molecule has 9 heteroatoms. The zero-order valence-electron chi connectivity index (χ0n) is 18.9. The largest absolute Gasteiger partial charge is 0.494 e. The van der Waals surface area contributed by atoms with Crippen molar-refractivity contribution in [2.45, 2.75) is 24.4 Å². The molecule has 0 bridgehead atoms. The highest BCUT2D eigenvalue weighted by molar-refractivity contribution is 6.00. The lowest BCUT2D eigenvalue weighted by Gasteiger charge is -2.23. The summed E-state index contributed by atoms with van der Waals surface area (Å²) < 4.78 is 11.4. The first-order chi connectivity index (χ1) is 16.6. The van der Waals surface area contributed by atoms with Gasteiger partial charge >= 0.3 is 0 Å². The van der Waals surface area contributed by atoms with E-state index in [-0.39, 0.29) is 32.8 Å². The quantitative estimate of drug-likeness (QED) is 0.219. The number of amides is 1. The maximum absolute atomic E-state index is 13.1. The first-order valence-corrected chi connectivity index (χ1v) is 11.2. The molecule has 3 rings (SSSR count). The fraction of sp³-hybridized carbons (Fsp3) is 0.360.